The molecule has 1 aliphatic rings. The quantitative estimate of drug-likeness (QED) is 0.505. The minimum Gasteiger partial charge on any atom is -0.369 e. The number of hydrogen-bond acceptors (Lipinski definition) is 1. The van der Waals surface area contributed by atoms with Crippen LogP contribution in [0, 0.1) is 19.3 Å². The zero-order valence-electron chi connectivity index (χ0n) is 15.3. The SMILES string of the molecule is C#Cc1cccc(C)c1C=C=C.CCC1CCCN1c1ccccc1. The third-order valence-electron chi connectivity index (χ3n) is 4.66. The number of terminal acetylenes is 1. The summed E-state index contributed by atoms with van der Waals surface area (Å²) in [5, 5.41) is 0. The van der Waals surface area contributed by atoms with Crippen molar-refractivity contribution in [1.29, 1.82) is 0 Å². The first kappa shape index (κ1) is 18.7. The molecule has 1 heteroatoms. The Labute approximate surface area is 152 Å². The van der Waals surface area contributed by atoms with Crippen molar-refractivity contribution in [1.82, 2.24) is 0 Å². The molecule has 1 fully saturated rings. The Bertz CT molecular complexity index is 760. The number of para-hydroxylation sites is 1. The summed E-state index contributed by atoms with van der Waals surface area (Å²) in [5.41, 5.74) is 7.21. The normalized spacial score (nSPS) is 15.6. The Morgan fingerprint density at radius 2 is 1.96 bits per heavy atom. The average molecular weight is 329 g/mol. The lowest BCUT2D eigenvalue weighted by molar-refractivity contribution is 0.645. The van der Waals surface area contributed by atoms with Crippen molar-refractivity contribution < 1.29 is 0 Å². The third-order valence-corrected chi connectivity index (χ3v) is 4.66. The second-order valence-electron chi connectivity index (χ2n) is 6.26. The second-order valence-corrected chi connectivity index (χ2v) is 6.26. The van der Waals surface area contributed by atoms with E-state index >= 15 is 0 Å². The van der Waals surface area contributed by atoms with Crippen LogP contribution < -0.4 is 4.90 Å². The molecular formula is C24H27N. The van der Waals surface area contributed by atoms with E-state index in [0.717, 1.165) is 22.7 Å². The van der Waals surface area contributed by atoms with Gasteiger partial charge in [-0.05, 0) is 56.0 Å². The van der Waals surface area contributed by atoms with Gasteiger partial charge in [0.25, 0.3) is 0 Å². The summed E-state index contributed by atoms with van der Waals surface area (Å²) >= 11 is 0. The Balaban J connectivity index is 0.000000181. The van der Waals surface area contributed by atoms with E-state index in [0.29, 0.717) is 0 Å². The maximum atomic E-state index is 5.33. The van der Waals surface area contributed by atoms with Gasteiger partial charge in [0.05, 0.1) is 0 Å². The highest BCUT2D eigenvalue weighted by molar-refractivity contribution is 5.61. The van der Waals surface area contributed by atoms with Crippen LogP contribution in [0.3, 0.4) is 0 Å². The van der Waals surface area contributed by atoms with Crippen LogP contribution in [0.25, 0.3) is 6.08 Å². The van der Waals surface area contributed by atoms with Gasteiger partial charge in [0.15, 0.2) is 0 Å². The van der Waals surface area contributed by atoms with Crippen molar-refractivity contribution in [2.24, 2.45) is 0 Å². The standard InChI is InChI=1S/C12H17N.C12H10/c1-2-11-9-6-10-13(11)12-7-4-3-5-8-12;1-4-7-12-10(3)8-6-9-11(12)5-2/h3-5,7-8,11H,2,6,9-10H2,1H3;2,6-9H,1H2,3H3. The molecular weight excluding hydrogens is 302 g/mol. The van der Waals surface area contributed by atoms with Gasteiger partial charge in [-0.3, -0.25) is 0 Å². The molecule has 1 aliphatic heterocycles. The smallest absolute Gasteiger partial charge is 0.0368 e. The van der Waals surface area contributed by atoms with Crippen molar-refractivity contribution in [3.8, 4) is 12.3 Å². The minimum absolute atomic E-state index is 0.780. The molecule has 1 heterocycles. The molecule has 2 aromatic rings. The molecule has 0 spiro atoms. The first-order valence-corrected chi connectivity index (χ1v) is 8.95. The van der Waals surface area contributed by atoms with E-state index in [1.165, 1.54) is 31.5 Å². The predicted octanol–water partition coefficient (Wildman–Crippen LogP) is 5.84. The fourth-order valence-corrected chi connectivity index (χ4v) is 3.32. The molecule has 0 amide bonds. The molecule has 1 nitrogen and oxygen atoms in total. The average Bonchev–Trinajstić information content (AvgIpc) is 3.13. The van der Waals surface area contributed by atoms with Gasteiger partial charge in [0.1, 0.15) is 0 Å². The highest BCUT2D eigenvalue weighted by Crippen LogP contribution is 2.26. The molecule has 0 N–H and O–H groups in total. The maximum Gasteiger partial charge on any atom is 0.0368 e. The Morgan fingerprint density at radius 3 is 2.60 bits per heavy atom. The van der Waals surface area contributed by atoms with E-state index < -0.39 is 0 Å². The summed E-state index contributed by atoms with van der Waals surface area (Å²) in [5.74, 6) is 2.62. The van der Waals surface area contributed by atoms with E-state index in [1.807, 2.05) is 31.2 Å². The molecule has 0 bridgehead atoms. The lowest BCUT2D eigenvalue weighted by Crippen LogP contribution is -2.28. The second kappa shape index (κ2) is 9.58. The van der Waals surface area contributed by atoms with Gasteiger partial charge in [0.2, 0.25) is 0 Å². The van der Waals surface area contributed by atoms with E-state index in [-0.39, 0.29) is 0 Å². The van der Waals surface area contributed by atoms with Gasteiger partial charge < -0.3 is 4.90 Å². The van der Waals surface area contributed by atoms with Crippen LogP contribution in [0.5, 0.6) is 0 Å². The van der Waals surface area contributed by atoms with Crippen LogP contribution in [0.4, 0.5) is 5.69 Å². The Hall–Kier alpha value is -2.68. The molecule has 0 aliphatic carbocycles. The molecule has 1 saturated heterocycles. The molecule has 1 unspecified atom stereocenters. The molecule has 25 heavy (non-hydrogen) atoms. The van der Waals surface area contributed by atoms with E-state index in [1.54, 1.807) is 0 Å². The maximum absolute atomic E-state index is 5.33. The van der Waals surface area contributed by atoms with Crippen molar-refractivity contribution >= 4 is 11.8 Å². The summed E-state index contributed by atoms with van der Waals surface area (Å²) < 4.78 is 0. The predicted molar refractivity (Wildman–Crippen MR) is 110 cm³/mol. The lowest BCUT2D eigenvalue weighted by Gasteiger charge is -2.25. The van der Waals surface area contributed by atoms with Crippen LogP contribution in [0.1, 0.15) is 42.9 Å². The first-order valence-electron chi connectivity index (χ1n) is 8.95. The molecule has 2 aromatic carbocycles. The number of nitrogens with zero attached hydrogens (tertiary/aromatic N) is 1. The highest BCUT2D eigenvalue weighted by Gasteiger charge is 2.22. The van der Waals surface area contributed by atoms with Gasteiger partial charge in [-0.1, -0.05) is 49.8 Å². The molecule has 128 valence electrons. The van der Waals surface area contributed by atoms with Crippen molar-refractivity contribution in [3.05, 3.63) is 77.5 Å². The van der Waals surface area contributed by atoms with Crippen LogP contribution in [-0.2, 0) is 0 Å². The van der Waals surface area contributed by atoms with Crippen LogP contribution in [0.15, 0.2) is 60.8 Å². The van der Waals surface area contributed by atoms with Crippen LogP contribution in [-0.4, -0.2) is 12.6 Å². The number of hydrogen-bond donors (Lipinski definition) is 0. The number of benzene rings is 2. The zero-order chi connectivity index (χ0) is 18.1. The Kier molecular flexibility index (Phi) is 7.15. The topological polar surface area (TPSA) is 3.24 Å². The summed E-state index contributed by atoms with van der Waals surface area (Å²) in [4.78, 5) is 2.54. The summed E-state index contributed by atoms with van der Waals surface area (Å²) in [6.07, 6.45) is 11.1. The van der Waals surface area contributed by atoms with Gasteiger partial charge in [-0.15, -0.1) is 12.2 Å². The van der Waals surface area contributed by atoms with Gasteiger partial charge in [0, 0.05) is 29.4 Å². The van der Waals surface area contributed by atoms with E-state index in [4.69, 9.17) is 6.42 Å². The first-order chi connectivity index (χ1) is 12.2. The van der Waals surface area contributed by atoms with Crippen molar-refractivity contribution in [3.63, 3.8) is 0 Å². The zero-order valence-corrected chi connectivity index (χ0v) is 15.3. The fourth-order valence-electron chi connectivity index (χ4n) is 3.32. The third kappa shape index (κ3) is 4.90. The largest absolute Gasteiger partial charge is 0.369 e. The van der Waals surface area contributed by atoms with Gasteiger partial charge in [-0.2, -0.15) is 0 Å². The monoisotopic (exact) mass is 329 g/mol. The lowest BCUT2D eigenvalue weighted by atomic mass is 10.0. The Morgan fingerprint density at radius 1 is 1.20 bits per heavy atom. The van der Waals surface area contributed by atoms with Crippen molar-refractivity contribution in [2.45, 2.75) is 39.2 Å². The highest BCUT2D eigenvalue weighted by atomic mass is 15.2. The van der Waals surface area contributed by atoms with Gasteiger partial charge in [-0.25, -0.2) is 0 Å². The molecule has 1 atom stereocenters. The molecule has 0 radical (unpaired) electrons. The molecule has 0 saturated carbocycles. The van der Waals surface area contributed by atoms with Crippen LogP contribution >= 0.6 is 0 Å². The van der Waals surface area contributed by atoms with Gasteiger partial charge >= 0.3 is 0 Å². The molecule has 0 aromatic heterocycles. The summed E-state index contributed by atoms with van der Waals surface area (Å²) in [6.45, 7) is 9.06. The number of aryl methyl sites for hydroxylation is 1. The number of rotatable bonds is 3. The summed E-state index contributed by atoms with van der Waals surface area (Å²) in [7, 11) is 0. The number of anilines is 1. The van der Waals surface area contributed by atoms with E-state index in [9.17, 15) is 0 Å². The van der Waals surface area contributed by atoms with Crippen molar-refractivity contribution in [2.75, 3.05) is 11.4 Å². The molecule has 3 rings (SSSR count). The minimum atomic E-state index is 0.780. The van der Waals surface area contributed by atoms with Crippen LogP contribution in [0.2, 0.25) is 0 Å². The van der Waals surface area contributed by atoms with E-state index in [2.05, 4.69) is 60.4 Å². The fraction of sp³-hybridized carbons (Fsp3) is 0.292. The summed E-state index contributed by atoms with van der Waals surface area (Å²) in [6, 6.07) is 17.4.